The minimum Gasteiger partial charge on any atom is -0.394 e. The van der Waals surface area contributed by atoms with Crippen LogP contribution in [-0.2, 0) is 4.74 Å². The van der Waals surface area contributed by atoms with E-state index < -0.39 is 11.6 Å². The minimum absolute atomic E-state index is 0.0265. The molecule has 0 radical (unpaired) electrons. The Hall–Kier alpha value is -1.04. The Kier molecular flexibility index (Phi) is 6.78. The number of aliphatic hydroxyl groups excluding tert-OH is 1. The van der Waals surface area contributed by atoms with Gasteiger partial charge in [0.05, 0.1) is 13.2 Å². The quantitative estimate of drug-likeness (QED) is 0.702. The molecule has 0 aliphatic rings. The van der Waals surface area contributed by atoms with E-state index in [1.807, 2.05) is 6.92 Å². The van der Waals surface area contributed by atoms with Crippen LogP contribution >= 0.6 is 0 Å². The number of ether oxygens (including phenoxy) is 1. The highest BCUT2D eigenvalue weighted by molar-refractivity contribution is 5.20. The number of nitrogens with one attached hydrogen (secondary N) is 1. The number of halogens is 2. The molecule has 0 saturated carbocycles. The molecular weight excluding hydrogens is 240 g/mol. The maximum Gasteiger partial charge on any atom is 0.159 e. The highest BCUT2D eigenvalue weighted by Crippen LogP contribution is 2.15. The highest BCUT2D eigenvalue weighted by atomic mass is 19.2. The smallest absolute Gasteiger partial charge is 0.159 e. The molecule has 0 heterocycles. The summed E-state index contributed by atoms with van der Waals surface area (Å²) in [5.74, 6) is -1.66. The van der Waals surface area contributed by atoms with Crippen molar-refractivity contribution in [2.45, 2.75) is 19.4 Å². The van der Waals surface area contributed by atoms with E-state index in [-0.39, 0.29) is 12.6 Å². The lowest BCUT2D eigenvalue weighted by Gasteiger charge is -2.14. The van der Waals surface area contributed by atoms with Crippen LogP contribution in [0.25, 0.3) is 0 Å². The Morgan fingerprint density at radius 3 is 2.72 bits per heavy atom. The third kappa shape index (κ3) is 5.08. The summed E-state index contributed by atoms with van der Waals surface area (Å²) in [7, 11) is 0. The van der Waals surface area contributed by atoms with Gasteiger partial charge in [-0.15, -0.1) is 0 Å². The second-order valence-electron chi connectivity index (χ2n) is 4.04. The van der Waals surface area contributed by atoms with Crippen LogP contribution in [0.3, 0.4) is 0 Å². The van der Waals surface area contributed by atoms with E-state index in [1.165, 1.54) is 6.07 Å². The van der Waals surface area contributed by atoms with Crippen molar-refractivity contribution in [1.82, 2.24) is 5.32 Å². The van der Waals surface area contributed by atoms with Crippen LogP contribution in [0.2, 0.25) is 0 Å². The predicted molar refractivity (Wildman–Crippen MR) is 65.3 cm³/mol. The zero-order valence-corrected chi connectivity index (χ0v) is 10.5. The molecule has 0 aromatic heterocycles. The van der Waals surface area contributed by atoms with Gasteiger partial charge < -0.3 is 15.2 Å². The standard InChI is InChI=1S/C13H19F2NO2/c1-10(16-5-2-7-18-8-6-17)11-3-4-12(14)13(15)9-11/h3-4,9-10,16-17H,2,5-8H2,1H3. The van der Waals surface area contributed by atoms with Crippen molar-refractivity contribution in [2.24, 2.45) is 0 Å². The van der Waals surface area contributed by atoms with Crippen LogP contribution in [-0.4, -0.2) is 31.5 Å². The average Bonchev–Trinajstić information content (AvgIpc) is 2.36. The normalized spacial score (nSPS) is 12.7. The Morgan fingerprint density at radius 2 is 2.06 bits per heavy atom. The van der Waals surface area contributed by atoms with Crippen LogP contribution in [0.1, 0.15) is 24.9 Å². The molecule has 0 amide bonds. The SMILES string of the molecule is CC(NCCCOCCO)c1ccc(F)c(F)c1. The minimum atomic E-state index is -0.830. The Balaban J connectivity index is 2.27. The fourth-order valence-corrected chi connectivity index (χ4v) is 1.56. The fourth-order valence-electron chi connectivity index (χ4n) is 1.56. The maximum absolute atomic E-state index is 13.0. The molecule has 1 rings (SSSR count). The molecule has 0 bridgehead atoms. The molecule has 1 atom stereocenters. The largest absolute Gasteiger partial charge is 0.394 e. The van der Waals surface area contributed by atoms with Gasteiger partial charge in [-0.05, 0) is 37.6 Å². The second kappa shape index (κ2) is 8.13. The zero-order valence-electron chi connectivity index (χ0n) is 10.5. The van der Waals surface area contributed by atoms with E-state index in [0.29, 0.717) is 25.3 Å². The lowest BCUT2D eigenvalue weighted by molar-refractivity contribution is 0.0904. The number of hydrogen-bond donors (Lipinski definition) is 2. The number of hydrogen-bond acceptors (Lipinski definition) is 3. The van der Waals surface area contributed by atoms with E-state index in [2.05, 4.69) is 5.32 Å². The van der Waals surface area contributed by atoms with E-state index in [9.17, 15) is 8.78 Å². The van der Waals surface area contributed by atoms with Gasteiger partial charge in [-0.2, -0.15) is 0 Å². The molecule has 0 aliphatic carbocycles. The molecule has 102 valence electrons. The molecule has 1 aromatic carbocycles. The van der Waals surface area contributed by atoms with Crippen molar-refractivity contribution in [1.29, 1.82) is 0 Å². The van der Waals surface area contributed by atoms with Gasteiger partial charge in [0.25, 0.3) is 0 Å². The predicted octanol–water partition coefficient (Wildman–Crippen LogP) is 2.01. The van der Waals surface area contributed by atoms with Gasteiger partial charge in [-0.1, -0.05) is 6.07 Å². The summed E-state index contributed by atoms with van der Waals surface area (Å²) in [6, 6.07) is 3.86. The molecule has 5 heteroatoms. The Labute approximate surface area is 106 Å². The molecule has 0 saturated heterocycles. The van der Waals surface area contributed by atoms with Gasteiger partial charge in [-0.25, -0.2) is 8.78 Å². The average molecular weight is 259 g/mol. The highest BCUT2D eigenvalue weighted by Gasteiger charge is 2.08. The van der Waals surface area contributed by atoms with Crippen LogP contribution in [0.4, 0.5) is 8.78 Å². The first-order valence-corrected chi connectivity index (χ1v) is 6.02. The molecule has 18 heavy (non-hydrogen) atoms. The molecular formula is C13H19F2NO2. The van der Waals surface area contributed by atoms with Gasteiger partial charge >= 0.3 is 0 Å². The first-order valence-electron chi connectivity index (χ1n) is 6.02. The summed E-state index contributed by atoms with van der Waals surface area (Å²) in [6.07, 6.45) is 0.800. The summed E-state index contributed by atoms with van der Waals surface area (Å²) in [4.78, 5) is 0. The lowest BCUT2D eigenvalue weighted by Crippen LogP contribution is -2.21. The first-order chi connectivity index (χ1) is 8.65. The summed E-state index contributed by atoms with van der Waals surface area (Å²) in [5.41, 5.74) is 0.713. The molecule has 3 nitrogen and oxygen atoms in total. The third-order valence-electron chi connectivity index (χ3n) is 2.60. The van der Waals surface area contributed by atoms with Gasteiger partial charge in [-0.3, -0.25) is 0 Å². The topological polar surface area (TPSA) is 41.5 Å². The van der Waals surface area contributed by atoms with Crippen molar-refractivity contribution >= 4 is 0 Å². The molecule has 0 fully saturated rings. The van der Waals surface area contributed by atoms with Crippen molar-refractivity contribution in [2.75, 3.05) is 26.4 Å². The molecule has 0 spiro atoms. The van der Waals surface area contributed by atoms with Crippen molar-refractivity contribution in [3.8, 4) is 0 Å². The molecule has 1 aromatic rings. The van der Waals surface area contributed by atoms with Crippen LogP contribution in [0, 0.1) is 11.6 Å². The van der Waals surface area contributed by atoms with Crippen molar-refractivity contribution < 1.29 is 18.6 Å². The number of benzene rings is 1. The third-order valence-corrected chi connectivity index (χ3v) is 2.60. The van der Waals surface area contributed by atoms with E-state index in [4.69, 9.17) is 9.84 Å². The summed E-state index contributed by atoms with van der Waals surface area (Å²) in [6.45, 7) is 3.54. The maximum atomic E-state index is 13.0. The zero-order chi connectivity index (χ0) is 13.4. The number of aliphatic hydroxyl groups is 1. The summed E-state index contributed by atoms with van der Waals surface area (Å²) in [5, 5.41) is 11.7. The first kappa shape index (κ1) is 15.0. The molecule has 0 aliphatic heterocycles. The Bertz CT molecular complexity index is 361. The summed E-state index contributed by atoms with van der Waals surface area (Å²) >= 11 is 0. The van der Waals surface area contributed by atoms with Gasteiger partial charge in [0.1, 0.15) is 0 Å². The van der Waals surface area contributed by atoms with E-state index in [1.54, 1.807) is 6.07 Å². The van der Waals surface area contributed by atoms with Crippen LogP contribution in [0.15, 0.2) is 18.2 Å². The molecule has 2 N–H and O–H groups in total. The van der Waals surface area contributed by atoms with Gasteiger partial charge in [0, 0.05) is 12.6 Å². The Morgan fingerprint density at radius 1 is 1.28 bits per heavy atom. The monoisotopic (exact) mass is 259 g/mol. The number of rotatable bonds is 8. The van der Waals surface area contributed by atoms with Gasteiger partial charge in [0.15, 0.2) is 11.6 Å². The van der Waals surface area contributed by atoms with Crippen molar-refractivity contribution in [3.63, 3.8) is 0 Å². The molecule has 1 unspecified atom stereocenters. The lowest BCUT2D eigenvalue weighted by atomic mass is 10.1. The van der Waals surface area contributed by atoms with Crippen molar-refractivity contribution in [3.05, 3.63) is 35.4 Å². The van der Waals surface area contributed by atoms with Crippen LogP contribution < -0.4 is 5.32 Å². The van der Waals surface area contributed by atoms with E-state index in [0.717, 1.165) is 12.5 Å². The van der Waals surface area contributed by atoms with Gasteiger partial charge in [0.2, 0.25) is 0 Å². The summed E-state index contributed by atoms with van der Waals surface area (Å²) < 4.78 is 30.9. The van der Waals surface area contributed by atoms with E-state index >= 15 is 0 Å². The fraction of sp³-hybridized carbons (Fsp3) is 0.538. The van der Waals surface area contributed by atoms with Crippen LogP contribution in [0.5, 0.6) is 0 Å². The second-order valence-corrected chi connectivity index (χ2v) is 4.04.